The van der Waals surface area contributed by atoms with Crippen molar-refractivity contribution in [2.45, 2.75) is 36.7 Å². The third-order valence-corrected chi connectivity index (χ3v) is 4.68. The molecule has 1 aromatic rings. The molecule has 1 aliphatic carbocycles. The molecule has 0 aliphatic heterocycles. The van der Waals surface area contributed by atoms with Gasteiger partial charge in [0.2, 0.25) is 10.0 Å². The predicted octanol–water partition coefficient (Wildman–Crippen LogP) is 0.844. The molecule has 96 valence electrons. The van der Waals surface area contributed by atoms with Gasteiger partial charge in [0.15, 0.2) is 0 Å². The summed E-state index contributed by atoms with van der Waals surface area (Å²) in [6, 6.07) is 1.53. The molecule has 0 unspecified atom stereocenters. The van der Waals surface area contributed by atoms with E-state index in [4.69, 9.17) is 0 Å². The van der Waals surface area contributed by atoms with Crippen LogP contribution in [0.15, 0.2) is 23.4 Å². The van der Waals surface area contributed by atoms with Crippen molar-refractivity contribution in [2.75, 3.05) is 6.54 Å². The van der Waals surface area contributed by atoms with Crippen LogP contribution < -0.4 is 4.72 Å². The first-order valence-electron chi connectivity index (χ1n) is 5.88. The van der Waals surface area contributed by atoms with Gasteiger partial charge in [0.25, 0.3) is 0 Å². The molecule has 1 heterocycles. The van der Waals surface area contributed by atoms with Gasteiger partial charge < -0.3 is 10.1 Å². The number of aromatic amines is 1. The normalized spacial score (nSPS) is 25.9. The van der Waals surface area contributed by atoms with Gasteiger partial charge in [-0.25, -0.2) is 13.1 Å². The van der Waals surface area contributed by atoms with Gasteiger partial charge in [0.1, 0.15) is 0 Å². The highest BCUT2D eigenvalue weighted by Gasteiger charge is 2.22. The van der Waals surface area contributed by atoms with E-state index in [1.807, 2.05) is 0 Å². The highest BCUT2D eigenvalue weighted by molar-refractivity contribution is 7.89. The average Bonchev–Trinajstić information content (AvgIpc) is 2.82. The smallest absolute Gasteiger partial charge is 0.242 e. The standard InChI is InChI=1S/C11H18N2O3S/c14-10-3-1-9(2-4-10)7-13-17(15,16)11-5-6-12-8-11/h5-6,8-10,12-14H,1-4,7H2. The summed E-state index contributed by atoms with van der Waals surface area (Å²) in [5.41, 5.74) is 0. The quantitative estimate of drug-likeness (QED) is 0.748. The van der Waals surface area contributed by atoms with Crippen LogP contribution in [0.4, 0.5) is 0 Å². The Bertz CT molecular complexity index is 433. The molecular formula is C11H18N2O3S. The SMILES string of the molecule is O=S(=O)(NCC1CCC(O)CC1)c1cc[nH]c1. The van der Waals surface area contributed by atoms with E-state index >= 15 is 0 Å². The van der Waals surface area contributed by atoms with Gasteiger partial charge in [-0.2, -0.15) is 0 Å². The maximum atomic E-state index is 11.8. The minimum atomic E-state index is -3.37. The van der Waals surface area contributed by atoms with E-state index in [1.54, 1.807) is 6.20 Å². The van der Waals surface area contributed by atoms with Gasteiger partial charge in [-0.05, 0) is 37.7 Å². The topological polar surface area (TPSA) is 82.2 Å². The summed E-state index contributed by atoms with van der Waals surface area (Å²) >= 11 is 0. The van der Waals surface area contributed by atoms with Crippen LogP contribution in [0.25, 0.3) is 0 Å². The highest BCUT2D eigenvalue weighted by Crippen LogP contribution is 2.23. The molecule has 0 amide bonds. The molecule has 0 spiro atoms. The van der Waals surface area contributed by atoms with E-state index in [0.717, 1.165) is 25.7 Å². The Hall–Kier alpha value is -0.850. The number of hydrogen-bond acceptors (Lipinski definition) is 3. The number of nitrogens with one attached hydrogen (secondary N) is 2. The van der Waals surface area contributed by atoms with Crippen LogP contribution in [0.3, 0.4) is 0 Å². The third kappa shape index (κ3) is 3.31. The number of rotatable bonds is 4. The summed E-state index contributed by atoms with van der Waals surface area (Å²) in [5, 5.41) is 9.36. The van der Waals surface area contributed by atoms with Crippen LogP contribution in [0, 0.1) is 5.92 Å². The van der Waals surface area contributed by atoms with Crippen molar-refractivity contribution in [3.8, 4) is 0 Å². The molecule has 0 atom stereocenters. The van der Waals surface area contributed by atoms with Crippen molar-refractivity contribution in [2.24, 2.45) is 5.92 Å². The summed E-state index contributed by atoms with van der Waals surface area (Å²) in [6.07, 6.45) is 6.17. The molecular weight excluding hydrogens is 240 g/mol. The Morgan fingerprint density at radius 3 is 2.65 bits per heavy atom. The molecule has 0 aromatic carbocycles. The number of H-pyrrole nitrogens is 1. The Morgan fingerprint density at radius 2 is 2.06 bits per heavy atom. The van der Waals surface area contributed by atoms with E-state index in [0.29, 0.717) is 12.5 Å². The minimum absolute atomic E-state index is 0.201. The zero-order valence-electron chi connectivity index (χ0n) is 9.59. The third-order valence-electron chi connectivity index (χ3n) is 3.26. The molecule has 6 heteroatoms. The fraction of sp³-hybridized carbons (Fsp3) is 0.636. The molecule has 0 bridgehead atoms. The second kappa shape index (κ2) is 5.20. The molecule has 1 saturated carbocycles. The summed E-state index contributed by atoms with van der Waals surface area (Å²) in [4.78, 5) is 3.00. The van der Waals surface area contributed by atoms with E-state index in [-0.39, 0.29) is 11.0 Å². The lowest BCUT2D eigenvalue weighted by Gasteiger charge is -2.25. The Morgan fingerprint density at radius 1 is 1.35 bits per heavy atom. The molecule has 1 aliphatic rings. The van der Waals surface area contributed by atoms with Gasteiger partial charge in [-0.15, -0.1) is 0 Å². The monoisotopic (exact) mass is 258 g/mol. The van der Waals surface area contributed by atoms with Crippen LogP contribution >= 0.6 is 0 Å². The number of sulfonamides is 1. The summed E-state index contributed by atoms with van der Waals surface area (Å²) in [5.74, 6) is 0.340. The summed E-state index contributed by atoms with van der Waals surface area (Å²) in [7, 11) is -3.37. The fourth-order valence-electron chi connectivity index (χ4n) is 2.14. The van der Waals surface area contributed by atoms with Crippen LogP contribution in [-0.4, -0.2) is 31.2 Å². The predicted molar refractivity (Wildman–Crippen MR) is 63.9 cm³/mol. The molecule has 2 rings (SSSR count). The molecule has 0 radical (unpaired) electrons. The second-order valence-corrected chi connectivity index (χ2v) is 6.34. The zero-order valence-corrected chi connectivity index (χ0v) is 10.4. The van der Waals surface area contributed by atoms with E-state index < -0.39 is 10.0 Å². The van der Waals surface area contributed by atoms with E-state index in [2.05, 4.69) is 9.71 Å². The minimum Gasteiger partial charge on any atom is -0.393 e. The first-order valence-corrected chi connectivity index (χ1v) is 7.37. The lowest BCUT2D eigenvalue weighted by molar-refractivity contribution is 0.109. The van der Waals surface area contributed by atoms with Crippen molar-refractivity contribution >= 4 is 10.0 Å². The Kier molecular flexibility index (Phi) is 3.86. The maximum absolute atomic E-state index is 11.8. The van der Waals surface area contributed by atoms with Gasteiger partial charge in [-0.1, -0.05) is 0 Å². The number of aliphatic hydroxyl groups excluding tert-OH is 1. The first-order chi connectivity index (χ1) is 8.08. The molecule has 3 N–H and O–H groups in total. The second-order valence-electron chi connectivity index (χ2n) is 4.57. The number of aromatic nitrogens is 1. The Balaban J connectivity index is 1.86. The summed E-state index contributed by atoms with van der Waals surface area (Å²) in [6.45, 7) is 0.459. The fourth-order valence-corrected chi connectivity index (χ4v) is 3.23. The van der Waals surface area contributed by atoms with Gasteiger partial charge in [0.05, 0.1) is 11.0 Å². The van der Waals surface area contributed by atoms with Crippen molar-refractivity contribution < 1.29 is 13.5 Å². The van der Waals surface area contributed by atoms with Crippen LogP contribution in [-0.2, 0) is 10.0 Å². The first kappa shape index (κ1) is 12.6. The lowest BCUT2D eigenvalue weighted by atomic mass is 9.88. The van der Waals surface area contributed by atoms with Crippen LogP contribution in [0.5, 0.6) is 0 Å². The number of aliphatic hydroxyl groups is 1. The summed E-state index contributed by atoms with van der Waals surface area (Å²) < 4.78 is 26.3. The highest BCUT2D eigenvalue weighted by atomic mass is 32.2. The lowest BCUT2D eigenvalue weighted by Crippen LogP contribution is -2.32. The van der Waals surface area contributed by atoms with E-state index in [1.165, 1.54) is 12.3 Å². The number of hydrogen-bond donors (Lipinski definition) is 3. The molecule has 17 heavy (non-hydrogen) atoms. The van der Waals surface area contributed by atoms with Crippen LogP contribution in [0.2, 0.25) is 0 Å². The molecule has 0 saturated heterocycles. The van der Waals surface area contributed by atoms with Crippen molar-refractivity contribution in [3.63, 3.8) is 0 Å². The zero-order chi connectivity index (χ0) is 12.3. The van der Waals surface area contributed by atoms with Crippen molar-refractivity contribution in [3.05, 3.63) is 18.5 Å². The average molecular weight is 258 g/mol. The Labute approximate surface area is 101 Å². The van der Waals surface area contributed by atoms with E-state index in [9.17, 15) is 13.5 Å². The maximum Gasteiger partial charge on any atom is 0.242 e. The van der Waals surface area contributed by atoms with Crippen molar-refractivity contribution in [1.82, 2.24) is 9.71 Å². The molecule has 1 fully saturated rings. The van der Waals surface area contributed by atoms with Gasteiger partial charge in [-0.3, -0.25) is 0 Å². The largest absolute Gasteiger partial charge is 0.393 e. The molecule has 1 aromatic heterocycles. The van der Waals surface area contributed by atoms with Crippen LogP contribution in [0.1, 0.15) is 25.7 Å². The molecule has 5 nitrogen and oxygen atoms in total. The van der Waals surface area contributed by atoms with Gasteiger partial charge >= 0.3 is 0 Å². The van der Waals surface area contributed by atoms with Gasteiger partial charge in [0, 0.05) is 18.9 Å². The van der Waals surface area contributed by atoms with Crippen molar-refractivity contribution in [1.29, 1.82) is 0 Å².